The van der Waals surface area contributed by atoms with Crippen LogP contribution in [0.3, 0.4) is 0 Å². The first-order valence-electron chi connectivity index (χ1n) is 4.66. The largest absolute Gasteiger partial charge is 0.299 e. The van der Waals surface area contributed by atoms with E-state index in [1.807, 2.05) is 13.8 Å². The lowest BCUT2D eigenvalue weighted by Crippen LogP contribution is -2.36. The number of Topliss-reactive ketones (excluding diaryl/α,β-unsaturated/α-hetero) is 1. The van der Waals surface area contributed by atoms with E-state index >= 15 is 0 Å². The highest BCUT2D eigenvalue weighted by molar-refractivity contribution is 7.81. The molecule has 0 heterocycles. The van der Waals surface area contributed by atoms with Gasteiger partial charge >= 0.3 is 0 Å². The number of ketones is 1. The standard InChI is InChI=1S/C10H18OS/c1-7-4-5-8(9(11)6-7)10(2,3)12/h7-8,12H,4-6H2,1-3H3/t7-,8+/m1/s1. The van der Waals surface area contributed by atoms with E-state index in [9.17, 15) is 4.79 Å². The summed E-state index contributed by atoms with van der Waals surface area (Å²) in [4.78, 5) is 11.6. The Morgan fingerprint density at radius 3 is 2.42 bits per heavy atom. The van der Waals surface area contributed by atoms with Gasteiger partial charge in [-0.2, -0.15) is 12.6 Å². The summed E-state index contributed by atoms with van der Waals surface area (Å²) in [6.45, 7) is 6.23. The number of hydrogen-bond donors (Lipinski definition) is 1. The van der Waals surface area contributed by atoms with Crippen LogP contribution in [0, 0.1) is 11.8 Å². The molecule has 1 nitrogen and oxygen atoms in total. The van der Waals surface area contributed by atoms with E-state index in [0.717, 1.165) is 12.8 Å². The van der Waals surface area contributed by atoms with E-state index in [0.29, 0.717) is 11.7 Å². The highest BCUT2D eigenvalue weighted by atomic mass is 32.1. The minimum Gasteiger partial charge on any atom is -0.299 e. The van der Waals surface area contributed by atoms with Gasteiger partial charge in [0.2, 0.25) is 0 Å². The molecule has 0 bridgehead atoms. The molecule has 1 aliphatic carbocycles. The predicted molar refractivity (Wildman–Crippen MR) is 54.6 cm³/mol. The van der Waals surface area contributed by atoms with Crippen LogP contribution in [0.25, 0.3) is 0 Å². The Morgan fingerprint density at radius 1 is 1.42 bits per heavy atom. The SMILES string of the molecule is C[C@@H]1CC[C@H](C(C)(C)S)C(=O)C1. The smallest absolute Gasteiger partial charge is 0.137 e. The van der Waals surface area contributed by atoms with Crippen LogP contribution in [-0.2, 0) is 4.79 Å². The van der Waals surface area contributed by atoms with Crippen LogP contribution >= 0.6 is 12.6 Å². The van der Waals surface area contributed by atoms with Gasteiger partial charge in [-0.3, -0.25) is 4.79 Å². The molecular formula is C10H18OS. The molecule has 0 aliphatic heterocycles. The number of rotatable bonds is 1. The van der Waals surface area contributed by atoms with Gasteiger partial charge < -0.3 is 0 Å². The number of carbonyl (C=O) groups excluding carboxylic acids is 1. The van der Waals surface area contributed by atoms with Crippen LogP contribution in [0.5, 0.6) is 0 Å². The minimum absolute atomic E-state index is 0.128. The summed E-state index contributed by atoms with van der Waals surface area (Å²) in [6.07, 6.45) is 2.96. The first kappa shape index (κ1) is 10.1. The molecule has 0 aromatic rings. The fraction of sp³-hybridized carbons (Fsp3) is 0.900. The third kappa shape index (κ3) is 2.25. The summed E-state index contributed by atoms with van der Waals surface area (Å²) < 4.78 is -0.128. The van der Waals surface area contributed by atoms with Crippen LogP contribution in [0.1, 0.15) is 40.0 Å². The summed E-state index contributed by atoms with van der Waals surface area (Å²) >= 11 is 4.47. The maximum Gasteiger partial charge on any atom is 0.137 e. The lowest BCUT2D eigenvalue weighted by Gasteiger charge is -2.33. The molecule has 2 heteroatoms. The van der Waals surface area contributed by atoms with Crippen LogP contribution in [0.4, 0.5) is 0 Å². The van der Waals surface area contributed by atoms with Crippen molar-refractivity contribution in [3.63, 3.8) is 0 Å². The van der Waals surface area contributed by atoms with Gasteiger partial charge in [0, 0.05) is 17.1 Å². The maximum absolute atomic E-state index is 11.6. The second-order valence-corrected chi connectivity index (χ2v) is 5.71. The lowest BCUT2D eigenvalue weighted by atomic mass is 9.76. The average Bonchev–Trinajstić information content (AvgIpc) is 1.83. The van der Waals surface area contributed by atoms with Gasteiger partial charge in [0.1, 0.15) is 5.78 Å². The molecule has 2 atom stereocenters. The first-order chi connectivity index (χ1) is 5.41. The summed E-state index contributed by atoms with van der Waals surface area (Å²) in [5.74, 6) is 1.18. The normalized spacial score (nSPS) is 32.2. The van der Waals surface area contributed by atoms with E-state index in [4.69, 9.17) is 0 Å². The van der Waals surface area contributed by atoms with Gasteiger partial charge in [0.05, 0.1) is 0 Å². The van der Waals surface area contributed by atoms with Crippen LogP contribution in [0.15, 0.2) is 0 Å². The Morgan fingerprint density at radius 2 is 2.00 bits per heavy atom. The van der Waals surface area contributed by atoms with Crippen molar-refractivity contribution in [3.8, 4) is 0 Å². The number of carbonyl (C=O) groups is 1. The number of hydrogen-bond acceptors (Lipinski definition) is 2. The molecule has 0 aromatic carbocycles. The maximum atomic E-state index is 11.6. The van der Waals surface area contributed by atoms with Crippen molar-refractivity contribution in [1.82, 2.24) is 0 Å². The highest BCUT2D eigenvalue weighted by Crippen LogP contribution is 2.35. The molecule has 70 valence electrons. The van der Waals surface area contributed by atoms with E-state index < -0.39 is 0 Å². The Balaban J connectivity index is 2.63. The Labute approximate surface area is 80.3 Å². The van der Waals surface area contributed by atoms with E-state index in [1.54, 1.807) is 0 Å². The molecule has 0 radical (unpaired) electrons. The second kappa shape index (κ2) is 3.41. The van der Waals surface area contributed by atoms with E-state index in [1.165, 1.54) is 6.42 Å². The molecule has 1 saturated carbocycles. The van der Waals surface area contributed by atoms with Gasteiger partial charge in [0.25, 0.3) is 0 Å². The molecule has 0 N–H and O–H groups in total. The van der Waals surface area contributed by atoms with Crippen molar-refractivity contribution in [2.75, 3.05) is 0 Å². The zero-order chi connectivity index (χ0) is 9.35. The topological polar surface area (TPSA) is 17.1 Å². The summed E-state index contributed by atoms with van der Waals surface area (Å²) in [6, 6.07) is 0. The molecule has 1 fully saturated rings. The van der Waals surface area contributed by atoms with Gasteiger partial charge in [0.15, 0.2) is 0 Å². The Hall–Kier alpha value is 0.0200. The van der Waals surface area contributed by atoms with Crippen molar-refractivity contribution in [1.29, 1.82) is 0 Å². The molecule has 0 unspecified atom stereocenters. The molecule has 0 amide bonds. The zero-order valence-corrected chi connectivity index (χ0v) is 9.03. The fourth-order valence-electron chi connectivity index (χ4n) is 1.95. The number of thiol groups is 1. The van der Waals surface area contributed by atoms with E-state index in [2.05, 4.69) is 19.6 Å². The molecule has 1 rings (SSSR count). The average molecular weight is 186 g/mol. The zero-order valence-electron chi connectivity index (χ0n) is 8.13. The Kier molecular flexibility index (Phi) is 2.87. The first-order valence-corrected chi connectivity index (χ1v) is 5.11. The van der Waals surface area contributed by atoms with Crippen molar-refractivity contribution in [3.05, 3.63) is 0 Å². The van der Waals surface area contributed by atoms with Gasteiger partial charge in [-0.15, -0.1) is 0 Å². The minimum atomic E-state index is -0.128. The monoisotopic (exact) mass is 186 g/mol. The van der Waals surface area contributed by atoms with Crippen molar-refractivity contribution >= 4 is 18.4 Å². The lowest BCUT2D eigenvalue weighted by molar-refractivity contribution is -0.126. The molecular weight excluding hydrogens is 168 g/mol. The van der Waals surface area contributed by atoms with Gasteiger partial charge in [-0.25, -0.2) is 0 Å². The quantitative estimate of drug-likeness (QED) is 0.623. The van der Waals surface area contributed by atoms with Crippen molar-refractivity contribution in [2.24, 2.45) is 11.8 Å². The molecule has 0 spiro atoms. The third-order valence-corrected chi connectivity index (χ3v) is 3.05. The molecule has 0 saturated heterocycles. The van der Waals surface area contributed by atoms with Crippen LogP contribution in [0.2, 0.25) is 0 Å². The van der Waals surface area contributed by atoms with Crippen LogP contribution in [-0.4, -0.2) is 10.5 Å². The summed E-state index contributed by atoms with van der Waals surface area (Å²) in [7, 11) is 0. The van der Waals surface area contributed by atoms with E-state index in [-0.39, 0.29) is 10.7 Å². The van der Waals surface area contributed by atoms with Crippen molar-refractivity contribution < 1.29 is 4.79 Å². The summed E-state index contributed by atoms with van der Waals surface area (Å²) in [5.41, 5.74) is 0. The molecule has 12 heavy (non-hydrogen) atoms. The van der Waals surface area contributed by atoms with Crippen molar-refractivity contribution in [2.45, 2.75) is 44.8 Å². The third-order valence-electron chi connectivity index (χ3n) is 2.74. The fourth-order valence-corrected chi connectivity index (χ4v) is 2.22. The molecule has 0 aromatic heterocycles. The summed E-state index contributed by atoms with van der Waals surface area (Å²) in [5, 5.41) is 0. The molecule has 1 aliphatic rings. The van der Waals surface area contributed by atoms with Gasteiger partial charge in [-0.1, -0.05) is 20.8 Å². The predicted octanol–water partition coefficient (Wildman–Crippen LogP) is 2.70. The van der Waals surface area contributed by atoms with Gasteiger partial charge in [-0.05, 0) is 18.8 Å². The van der Waals surface area contributed by atoms with Crippen LogP contribution < -0.4 is 0 Å². The second-order valence-electron chi connectivity index (χ2n) is 4.56. The Bertz CT molecular complexity index is 181. The highest BCUT2D eigenvalue weighted by Gasteiger charge is 2.35.